The highest BCUT2D eigenvalue weighted by Gasteiger charge is 2.49. The summed E-state index contributed by atoms with van der Waals surface area (Å²) >= 11 is 4.33. The quantitative estimate of drug-likeness (QED) is 0.270. The van der Waals surface area contributed by atoms with Crippen molar-refractivity contribution in [3.05, 3.63) is 0 Å². The third kappa shape index (κ3) is 6.84. The van der Waals surface area contributed by atoms with Crippen LogP contribution in [0.4, 0.5) is 4.79 Å². The molecule has 0 bridgehead atoms. The first-order valence-electron chi connectivity index (χ1n) is 11.2. The van der Waals surface area contributed by atoms with Gasteiger partial charge in [-0.2, -0.15) is 12.6 Å². The molecule has 1 heterocycles. The molecule has 3 N–H and O–H groups in total. The fourth-order valence-electron chi connectivity index (χ4n) is 3.45. The Morgan fingerprint density at radius 3 is 2.03 bits per heavy atom. The summed E-state index contributed by atoms with van der Waals surface area (Å²) in [7, 11) is 3.06. The van der Waals surface area contributed by atoms with Crippen LogP contribution in [0.25, 0.3) is 0 Å². The van der Waals surface area contributed by atoms with Gasteiger partial charge < -0.3 is 20.9 Å². The van der Waals surface area contributed by atoms with Gasteiger partial charge in [-0.15, -0.1) is 0 Å². The highest BCUT2D eigenvalue weighted by Crippen LogP contribution is 2.26. The standard InChI is InChI=1S/C22H39N5O5S/c1-9-10-13(16(28)25-15(18(30)23-7)21(2,3)4)24-17(29)14(33)11-12-27-19(31)22(5,6)26(8)20(27)32/h13-15,33H,9-12H2,1-8H3,(H,23,30)(H,24,29)(H,25,28)/t13-,14?,15+/m0/s1. The Morgan fingerprint density at radius 2 is 1.61 bits per heavy atom. The van der Waals surface area contributed by atoms with E-state index in [9.17, 15) is 24.0 Å². The van der Waals surface area contributed by atoms with Gasteiger partial charge in [0.15, 0.2) is 0 Å². The SMILES string of the molecule is CCC[C@H](NC(=O)C(S)CCN1C(=O)N(C)C(C)(C)C1=O)C(=O)N[C@H](C(=O)NC)C(C)(C)C. The molecule has 10 nitrogen and oxygen atoms in total. The van der Waals surface area contributed by atoms with Crippen molar-refractivity contribution in [1.29, 1.82) is 0 Å². The molecule has 0 radical (unpaired) electrons. The summed E-state index contributed by atoms with van der Waals surface area (Å²) in [6.07, 6.45) is 1.15. The highest BCUT2D eigenvalue weighted by atomic mass is 32.1. The monoisotopic (exact) mass is 485 g/mol. The minimum atomic E-state index is -0.940. The number of hydrogen-bond acceptors (Lipinski definition) is 6. The molecule has 188 valence electrons. The Kier molecular flexibility index (Phi) is 9.77. The van der Waals surface area contributed by atoms with E-state index < -0.39 is 46.1 Å². The number of amides is 6. The number of imide groups is 1. The molecule has 0 aromatic carbocycles. The molecule has 1 unspecified atom stereocenters. The van der Waals surface area contributed by atoms with Crippen molar-refractivity contribution in [1.82, 2.24) is 25.8 Å². The zero-order chi connectivity index (χ0) is 25.7. The lowest BCUT2D eigenvalue weighted by Crippen LogP contribution is -2.58. The molecular formula is C22H39N5O5S. The molecule has 0 aromatic heterocycles. The molecular weight excluding hydrogens is 446 g/mol. The largest absolute Gasteiger partial charge is 0.357 e. The molecule has 0 spiro atoms. The van der Waals surface area contributed by atoms with Gasteiger partial charge in [0.05, 0.1) is 5.25 Å². The molecule has 1 fully saturated rings. The van der Waals surface area contributed by atoms with Gasteiger partial charge in [-0.05, 0) is 32.1 Å². The molecule has 11 heteroatoms. The fourth-order valence-corrected chi connectivity index (χ4v) is 3.64. The zero-order valence-electron chi connectivity index (χ0n) is 20.9. The normalized spacial score (nSPS) is 18.6. The van der Waals surface area contributed by atoms with E-state index in [1.165, 1.54) is 11.9 Å². The summed E-state index contributed by atoms with van der Waals surface area (Å²) in [5.41, 5.74) is -1.47. The van der Waals surface area contributed by atoms with E-state index in [4.69, 9.17) is 0 Å². The second-order valence-electron chi connectivity index (χ2n) is 9.93. The number of nitrogens with zero attached hydrogens (tertiary/aromatic N) is 2. The van der Waals surface area contributed by atoms with E-state index in [1.807, 2.05) is 27.7 Å². The van der Waals surface area contributed by atoms with Gasteiger partial charge in [0.2, 0.25) is 17.7 Å². The number of nitrogens with one attached hydrogen (secondary N) is 3. The highest BCUT2D eigenvalue weighted by molar-refractivity contribution is 7.81. The van der Waals surface area contributed by atoms with Gasteiger partial charge in [-0.1, -0.05) is 34.1 Å². The molecule has 33 heavy (non-hydrogen) atoms. The van der Waals surface area contributed by atoms with E-state index >= 15 is 0 Å². The van der Waals surface area contributed by atoms with E-state index in [0.717, 1.165) is 4.90 Å². The van der Waals surface area contributed by atoms with E-state index in [2.05, 4.69) is 28.6 Å². The number of thiol groups is 1. The molecule has 1 aliphatic heterocycles. The van der Waals surface area contributed by atoms with Crippen LogP contribution in [0.1, 0.15) is 60.8 Å². The maximum atomic E-state index is 12.9. The van der Waals surface area contributed by atoms with Crippen LogP contribution in [0, 0.1) is 5.41 Å². The summed E-state index contributed by atoms with van der Waals surface area (Å²) in [5.74, 6) is -1.59. The molecule has 0 saturated carbocycles. The lowest BCUT2D eigenvalue weighted by Gasteiger charge is -2.31. The second kappa shape index (κ2) is 11.2. The van der Waals surface area contributed by atoms with Crippen LogP contribution in [0.3, 0.4) is 0 Å². The van der Waals surface area contributed by atoms with Crippen molar-refractivity contribution in [3.63, 3.8) is 0 Å². The fraction of sp³-hybridized carbons (Fsp3) is 0.773. The zero-order valence-corrected chi connectivity index (χ0v) is 21.8. The van der Waals surface area contributed by atoms with Crippen LogP contribution >= 0.6 is 12.6 Å². The summed E-state index contributed by atoms with van der Waals surface area (Å²) in [6.45, 7) is 10.8. The first-order chi connectivity index (χ1) is 15.1. The Bertz CT molecular complexity index is 780. The minimum Gasteiger partial charge on any atom is -0.357 e. The number of carbonyl (C=O) groups is 5. The van der Waals surface area contributed by atoms with Crippen LogP contribution < -0.4 is 16.0 Å². The van der Waals surface area contributed by atoms with Gasteiger partial charge in [0.1, 0.15) is 17.6 Å². The Balaban J connectivity index is 2.80. The molecule has 0 aromatic rings. The van der Waals surface area contributed by atoms with Crippen LogP contribution in [-0.2, 0) is 19.2 Å². The molecule has 1 saturated heterocycles. The first-order valence-corrected chi connectivity index (χ1v) is 11.7. The number of urea groups is 1. The average Bonchev–Trinajstić information content (AvgIpc) is 2.87. The predicted octanol–water partition coefficient (Wildman–Crippen LogP) is 0.909. The Hall–Kier alpha value is -2.30. The number of hydrogen-bond donors (Lipinski definition) is 4. The molecule has 6 amide bonds. The maximum Gasteiger partial charge on any atom is 0.327 e. The Morgan fingerprint density at radius 1 is 1.03 bits per heavy atom. The third-order valence-electron chi connectivity index (χ3n) is 5.93. The molecule has 0 aliphatic carbocycles. The summed E-state index contributed by atoms with van der Waals surface area (Å²) in [6, 6.07) is -2.03. The van der Waals surface area contributed by atoms with Crippen molar-refractivity contribution >= 4 is 42.3 Å². The maximum absolute atomic E-state index is 12.9. The second-order valence-corrected chi connectivity index (χ2v) is 10.6. The van der Waals surface area contributed by atoms with Crippen LogP contribution in [-0.4, -0.2) is 83.0 Å². The van der Waals surface area contributed by atoms with Crippen LogP contribution in [0.5, 0.6) is 0 Å². The molecule has 3 atom stereocenters. The Labute approximate surface area is 202 Å². The van der Waals surface area contributed by atoms with E-state index in [-0.39, 0.29) is 24.8 Å². The van der Waals surface area contributed by atoms with Gasteiger partial charge in [0.25, 0.3) is 5.91 Å². The molecule has 1 aliphatic rings. The van der Waals surface area contributed by atoms with Crippen molar-refractivity contribution in [2.45, 2.75) is 83.7 Å². The van der Waals surface area contributed by atoms with Crippen molar-refractivity contribution in [3.8, 4) is 0 Å². The lowest BCUT2D eigenvalue weighted by molar-refractivity contribution is -0.134. The van der Waals surface area contributed by atoms with Crippen LogP contribution in [0.2, 0.25) is 0 Å². The number of rotatable bonds is 10. The van der Waals surface area contributed by atoms with Crippen molar-refractivity contribution in [2.75, 3.05) is 20.6 Å². The number of carbonyl (C=O) groups excluding carboxylic acids is 5. The van der Waals surface area contributed by atoms with Crippen LogP contribution in [0.15, 0.2) is 0 Å². The predicted molar refractivity (Wildman–Crippen MR) is 129 cm³/mol. The lowest BCUT2D eigenvalue weighted by atomic mass is 9.86. The van der Waals surface area contributed by atoms with Gasteiger partial charge >= 0.3 is 6.03 Å². The summed E-state index contributed by atoms with van der Waals surface area (Å²) < 4.78 is 0. The average molecular weight is 486 g/mol. The molecule has 1 rings (SSSR count). The van der Waals surface area contributed by atoms with Crippen molar-refractivity contribution in [2.24, 2.45) is 5.41 Å². The summed E-state index contributed by atoms with van der Waals surface area (Å²) in [4.78, 5) is 65.2. The topological polar surface area (TPSA) is 128 Å². The first kappa shape index (κ1) is 28.7. The van der Waals surface area contributed by atoms with E-state index in [1.54, 1.807) is 20.9 Å². The van der Waals surface area contributed by atoms with Gasteiger partial charge in [0, 0.05) is 20.6 Å². The van der Waals surface area contributed by atoms with Crippen molar-refractivity contribution < 1.29 is 24.0 Å². The minimum absolute atomic E-state index is 0.0421. The van der Waals surface area contributed by atoms with E-state index in [0.29, 0.717) is 12.8 Å². The number of likely N-dealkylation sites (N-methyl/N-ethyl adjacent to an activating group) is 2. The summed E-state index contributed by atoms with van der Waals surface area (Å²) in [5, 5.41) is 7.16. The van der Waals surface area contributed by atoms with Gasteiger partial charge in [-0.25, -0.2) is 4.79 Å². The third-order valence-corrected chi connectivity index (χ3v) is 6.42. The van der Waals surface area contributed by atoms with Gasteiger partial charge in [-0.3, -0.25) is 24.1 Å². The smallest absolute Gasteiger partial charge is 0.327 e.